The Morgan fingerprint density at radius 2 is 2.13 bits per heavy atom. The smallest absolute Gasteiger partial charge is 0.310 e. The van der Waals surface area contributed by atoms with Gasteiger partial charge in [-0.05, 0) is 6.07 Å². The average Bonchev–Trinajstić information content (AvgIpc) is 2.25. The maximum Gasteiger partial charge on any atom is 0.310 e. The monoisotopic (exact) mass is 227 g/mol. The second kappa shape index (κ2) is 6.03. The molecule has 0 N–H and O–H groups in total. The van der Waals surface area contributed by atoms with Crippen molar-refractivity contribution in [2.24, 2.45) is 0 Å². The highest BCUT2D eigenvalue weighted by Gasteiger charge is 2.12. The molecule has 1 aromatic rings. The highest BCUT2D eigenvalue weighted by Crippen LogP contribution is 2.25. The quantitative estimate of drug-likeness (QED) is 0.336. The molecule has 0 heterocycles. The van der Waals surface area contributed by atoms with Crippen LogP contribution in [0, 0.1) is 10.1 Å². The molecule has 1 aromatic carbocycles. The van der Waals surface area contributed by atoms with Crippen molar-refractivity contribution in [2.45, 2.75) is 0 Å². The van der Waals surface area contributed by atoms with E-state index in [1.165, 1.54) is 6.07 Å². The summed E-state index contributed by atoms with van der Waals surface area (Å²) in [5, 5.41) is 10.6. The first-order valence-corrected chi connectivity index (χ1v) is 4.86. The Hall–Kier alpha value is -1.55. The third-order valence-corrected chi connectivity index (χ3v) is 1.83. The van der Waals surface area contributed by atoms with Crippen LogP contribution in [0.3, 0.4) is 0 Å². The van der Waals surface area contributed by atoms with E-state index >= 15 is 0 Å². The summed E-state index contributed by atoms with van der Waals surface area (Å²) < 4.78 is 5.21. The van der Waals surface area contributed by atoms with Gasteiger partial charge in [0, 0.05) is 11.9 Å². The summed E-state index contributed by atoms with van der Waals surface area (Å²) in [6.07, 6.45) is 3.43. The zero-order chi connectivity index (χ0) is 11.1. The molecule has 0 saturated heterocycles. The van der Waals surface area contributed by atoms with Gasteiger partial charge >= 0.3 is 5.69 Å². The lowest BCUT2D eigenvalue weighted by Crippen LogP contribution is -1.97. The number of hydrogen-bond acceptors (Lipinski definition) is 3. The van der Waals surface area contributed by atoms with Gasteiger partial charge in [-0.3, -0.25) is 10.1 Å². The van der Waals surface area contributed by atoms with Crippen LogP contribution >= 0.6 is 11.6 Å². The predicted molar refractivity (Wildman–Crippen MR) is 58.5 cm³/mol. The van der Waals surface area contributed by atoms with Crippen LogP contribution in [0.15, 0.2) is 36.4 Å². The van der Waals surface area contributed by atoms with E-state index in [2.05, 4.69) is 0 Å². The van der Waals surface area contributed by atoms with Gasteiger partial charge in [0.2, 0.25) is 0 Å². The summed E-state index contributed by atoms with van der Waals surface area (Å²) in [6, 6.07) is 6.25. The Balaban J connectivity index is 2.67. The predicted octanol–water partition coefficient (Wildman–Crippen LogP) is 2.77. The highest BCUT2D eigenvalue weighted by atomic mass is 35.5. The molecule has 4 nitrogen and oxygen atoms in total. The Morgan fingerprint density at radius 3 is 2.80 bits per heavy atom. The fraction of sp³-hybridized carbons (Fsp3) is 0.200. The van der Waals surface area contributed by atoms with E-state index in [4.69, 9.17) is 16.3 Å². The molecule has 0 bridgehead atoms. The van der Waals surface area contributed by atoms with Gasteiger partial charge in [-0.25, -0.2) is 0 Å². The van der Waals surface area contributed by atoms with Crippen LogP contribution in [-0.4, -0.2) is 17.4 Å². The van der Waals surface area contributed by atoms with Gasteiger partial charge in [0.15, 0.2) is 5.75 Å². The van der Waals surface area contributed by atoms with Crippen LogP contribution in [0.5, 0.6) is 5.75 Å². The molecule has 0 saturated carbocycles. The van der Waals surface area contributed by atoms with E-state index in [1.807, 2.05) is 0 Å². The highest BCUT2D eigenvalue weighted by molar-refractivity contribution is 6.18. The van der Waals surface area contributed by atoms with Crippen LogP contribution in [0.25, 0.3) is 0 Å². The van der Waals surface area contributed by atoms with E-state index in [1.54, 1.807) is 30.4 Å². The lowest BCUT2D eigenvalue weighted by molar-refractivity contribution is -0.385. The Labute approximate surface area is 92.3 Å². The molecule has 0 aliphatic rings. The van der Waals surface area contributed by atoms with Crippen LogP contribution in [-0.2, 0) is 0 Å². The first kappa shape index (κ1) is 11.5. The summed E-state index contributed by atoms with van der Waals surface area (Å²) in [7, 11) is 0. The summed E-state index contributed by atoms with van der Waals surface area (Å²) in [6.45, 7) is 0.275. The molecule has 0 aliphatic carbocycles. The molecule has 0 radical (unpaired) electrons. The first-order chi connectivity index (χ1) is 7.25. The fourth-order valence-electron chi connectivity index (χ4n) is 0.999. The fourth-order valence-corrected chi connectivity index (χ4v) is 1.12. The molecule has 5 heteroatoms. The second-order valence-electron chi connectivity index (χ2n) is 2.66. The van der Waals surface area contributed by atoms with E-state index in [9.17, 15) is 10.1 Å². The molecular weight excluding hydrogens is 218 g/mol. The summed E-state index contributed by atoms with van der Waals surface area (Å²) in [5.41, 5.74) is -0.0308. The molecule has 1 rings (SSSR count). The average molecular weight is 228 g/mol. The van der Waals surface area contributed by atoms with Crippen molar-refractivity contribution in [1.82, 2.24) is 0 Å². The number of nitro groups is 1. The van der Waals surface area contributed by atoms with E-state index < -0.39 is 4.92 Å². The van der Waals surface area contributed by atoms with Crippen LogP contribution < -0.4 is 4.74 Å². The van der Waals surface area contributed by atoms with Crippen molar-refractivity contribution in [2.75, 3.05) is 12.5 Å². The van der Waals surface area contributed by atoms with Crippen LogP contribution in [0.4, 0.5) is 5.69 Å². The van der Waals surface area contributed by atoms with Crippen molar-refractivity contribution in [3.63, 3.8) is 0 Å². The van der Waals surface area contributed by atoms with Gasteiger partial charge in [-0.15, -0.1) is 11.6 Å². The largest absolute Gasteiger partial charge is 0.483 e. The Kier molecular flexibility index (Phi) is 4.63. The maximum atomic E-state index is 10.6. The van der Waals surface area contributed by atoms with Gasteiger partial charge in [0.1, 0.15) is 6.61 Å². The molecule has 0 amide bonds. The lowest BCUT2D eigenvalue weighted by Gasteiger charge is -2.02. The number of rotatable bonds is 5. The van der Waals surface area contributed by atoms with Crippen LogP contribution in [0.1, 0.15) is 0 Å². The van der Waals surface area contributed by atoms with Gasteiger partial charge in [-0.1, -0.05) is 24.3 Å². The van der Waals surface area contributed by atoms with Gasteiger partial charge in [0.05, 0.1) is 4.92 Å². The number of halogens is 1. The molecule has 0 aliphatic heterocycles. The van der Waals surface area contributed by atoms with E-state index in [0.717, 1.165) is 0 Å². The molecule has 80 valence electrons. The molecule has 15 heavy (non-hydrogen) atoms. The van der Waals surface area contributed by atoms with Crippen molar-refractivity contribution in [3.8, 4) is 5.75 Å². The zero-order valence-corrected chi connectivity index (χ0v) is 8.68. The molecule has 0 aromatic heterocycles. The molecular formula is C10H10ClNO3. The van der Waals surface area contributed by atoms with Gasteiger partial charge in [-0.2, -0.15) is 0 Å². The SMILES string of the molecule is O=[N+]([O-])c1ccccc1OC/C=C\CCl. The Bertz CT molecular complexity index is 365. The van der Waals surface area contributed by atoms with Crippen molar-refractivity contribution in [1.29, 1.82) is 0 Å². The number of ether oxygens (including phenoxy) is 1. The normalized spacial score (nSPS) is 10.5. The minimum absolute atomic E-state index is 0.0308. The Morgan fingerprint density at radius 1 is 1.40 bits per heavy atom. The van der Waals surface area contributed by atoms with Gasteiger partial charge in [0.25, 0.3) is 0 Å². The number of alkyl halides is 1. The summed E-state index contributed by atoms with van der Waals surface area (Å²) >= 11 is 5.41. The maximum absolute atomic E-state index is 10.6. The standard InChI is InChI=1S/C10H10ClNO3/c11-7-3-4-8-15-10-6-2-1-5-9(10)12(13)14/h1-6H,7-8H2/b4-3-. The number of benzene rings is 1. The zero-order valence-electron chi connectivity index (χ0n) is 7.93. The summed E-state index contributed by atoms with van der Waals surface area (Å²) in [5.74, 6) is 0.669. The van der Waals surface area contributed by atoms with Crippen molar-refractivity contribution < 1.29 is 9.66 Å². The minimum atomic E-state index is -0.472. The third-order valence-electron chi connectivity index (χ3n) is 1.65. The van der Waals surface area contributed by atoms with Crippen molar-refractivity contribution in [3.05, 3.63) is 46.5 Å². The number of para-hydroxylation sites is 2. The third kappa shape index (κ3) is 3.59. The van der Waals surface area contributed by atoms with Crippen molar-refractivity contribution >= 4 is 17.3 Å². The molecule has 0 fully saturated rings. The van der Waals surface area contributed by atoms with Crippen LogP contribution in [0.2, 0.25) is 0 Å². The minimum Gasteiger partial charge on any atom is -0.483 e. The first-order valence-electron chi connectivity index (χ1n) is 4.33. The second-order valence-corrected chi connectivity index (χ2v) is 2.97. The lowest BCUT2D eigenvalue weighted by atomic mass is 10.3. The van der Waals surface area contributed by atoms with E-state index in [0.29, 0.717) is 5.88 Å². The topological polar surface area (TPSA) is 52.4 Å². The molecule has 0 atom stereocenters. The molecule has 0 spiro atoms. The number of nitro benzene ring substituents is 1. The van der Waals surface area contributed by atoms with Gasteiger partial charge < -0.3 is 4.74 Å². The summed E-state index contributed by atoms with van der Waals surface area (Å²) in [4.78, 5) is 10.1. The molecule has 0 unspecified atom stereocenters. The number of hydrogen-bond donors (Lipinski definition) is 0. The van der Waals surface area contributed by atoms with E-state index in [-0.39, 0.29) is 18.0 Å². The number of nitrogens with zero attached hydrogens (tertiary/aromatic N) is 1. The number of allylic oxidation sites excluding steroid dienone is 1.